The summed E-state index contributed by atoms with van der Waals surface area (Å²) in [7, 11) is 0. The second kappa shape index (κ2) is 5.18. The van der Waals surface area contributed by atoms with Gasteiger partial charge in [0.05, 0.1) is 11.9 Å². The fourth-order valence-electron chi connectivity index (χ4n) is 1.74. The Morgan fingerprint density at radius 3 is 2.61 bits per heavy atom. The molecule has 0 aliphatic rings. The van der Waals surface area contributed by atoms with Gasteiger partial charge < -0.3 is 10.5 Å². The number of imidazole rings is 1. The summed E-state index contributed by atoms with van der Waals surface area (Å²) in [5, 5.41) is 0. The van der Waals surface area contributed by atoms with Gasteiger partial charge in [-0.2, -0.15) is 0 Å². The van der Waals surface area contributed by atoms with Gasteiger partial charge >= 0.3 is 6.01 Å². The quantitative estimate of drug-likeness (QED) is 0.906. The maximum Gasteiger partial charge on any atom is 0.302 e. The molecule has 1 aromatic carbocycles. The molecule has 2 N–H and O–H groups in total. The van der Waals surface area contributed by atoms with Gasteiger partial charge in [-0.3, -0.25) is 4.57 Å². The Labute approximate surface area is 105 Å². The van der Waals surface area contributed by atoms with Gasteiger partial charge in [0.25, 0.3) is 0 Å². The lowest BCUT2D eigenvalue weighted by Crippen LogP contribution is -2.12. The third-order valence-electron chi connectivity index (χ3n) is 2.66. The van der Waals surface area contributed by atoms with E-state index in [-0.39, 0.29) is 11.9 Å². The van der Waals surface area contributed by atoms with Crippen LogP contribution in [0.1, 0.15) is 25.6 Å². The van der Waals surface area contributed by atoms with Crippen molar-refractivity contribution in [3.05, 3.63) is 42.0 Å². The summed E-state index contributed by atoms with van der Waals surface area (Å²) in [6.07, 6.45) is 1.70. The lowest BCUT2D eigenvalue weighted by Gasteiger charge is -2.11. The molecule has 0 radical (unpaired) electrons. The molecule has 0 spiro atoms. The summed E-state index contributed by atoms with van der Waals surface area (Å²) in [4.78, 5) is 4.19. The van der Waals surface area contributed by atoms with Crippen LogP contribution in [0.3, 0.4) is 0 Å². The van der Waals surface area contributed by atoms with E-state index in [1.54, 1.807) is 18.3 Å². The Kier molecular flexibility index (Phi) is 3.62. The van der Waals surface area contributed by atoms with Crippen molar-refractivity contribution in [2.45, 2.75) is 26.4 Å². The highest BCUT2D eigenvalue weighted by molar-refractivity contribution is 5.26. The van der Waals surface area contributed by atoms with Crippen LogP contribution in [0, 0.1) is 5.82 Å². The van der Waals surface area contributed by atoms with Gasteiger partial charge in [0.1, 0.15) is 11.6 Å². The van der Waals surface area contributed by atoms with Gasteiger partial charge in [0.15, 0.2) is 0 Å². The van der Waals surface area contributed by atoms with Gasteiger partial charge in [-0.15, -0.1) is 0 Å². The first-order valence-corrected chi connectivity index (χ1v) is 5.86. The number of benzene rings is 1. The first-order valence-electron chi connectivity index (χ1n) is 5.86. The lowest BCUT2D eigenvalue weighted by molar-refractivity contribution is 0.408. The normalized spacial score (nSPS) is 12.4. The molecule has 2 rings (SSSR count). The molecule has 1 aromatic heterocycles. The Morgan fingerprint density at radius 1 is 1.39 bits per heavy atom. The predicted octanol–water partition coefficient (Wildman–Crippen LogP) is 2.85. The maximum atomic E-state index is 12.8. The fourth-order valence-corrected chi connectivity index (χ4v) is 1.74. The van der Waals surface area contributed by atoms with Crippen LogP contribution in [0.4, 0.5) is 4.39 Å². The van der Waals surface area contributed by atoms with Crippen LogP contribution in [0.5, 0.6) is 11.8 Å². The van der Waals surface area contributed by atoms with Crippen molar-refractivity contribution in [1.82, 2.24) is 9.55 Å². The molecule has 1 atom stereocenters. The summed E-state index contributed by atoms with van der Waals surface area (Å²) < 4.78 is 20.3. The van der Waals surface area contributed by atoms with Gasteiger partial charge in [0.2, 0.25) is 0 Å². The Hall–Kier alpha value is -1.88. The Bertz CT molecular complexity index is 520. The van der Waals surface area contributed by atoms with Crippen molar-refractivity contribution in [3.63, 3.8) is 0 Å². The highest BCUT2D eigenvalue weighted by Gasteiger charge is 2.13. The number of ether oxygens (including phenoxy) is 1. The fraction of sp³-hybridized carbons (Fsp3) is 0.308. The van der Waals surface area contributed by atoms with Crippen LogP contribution in [-0.2, 0) is 6.54 Å². The monoisotopic (exact) mass is 249 g/mol. The number of hydrogen-bond acceptors (Lipinski definition) is 3. The van der Waals surface area contributed by atoms with E-state index < -0.39 is 0 Å². The predicted molar refractivity (Wildman–Crippen MR) is 67.0 cm³/mol. The van der Waals surface area contributed by atoms with Crippen molar-refractivity contribution in [3.8, 4) is 11.8 Å². The van der Waals surface area contributed by atoms with Gasteiger partial charge in [-0.05, 0) is 38.1 Å². The third kappa shape index (κ3) is 2.51. The Balaban J connectivity index is 2.26. The first-order chi connectivity index (χ1) is 8.61. The SMILES string of the molecule is CCn1c(C(C)N)cnc1Oc1ccc(F)cc1. The molecule has 4 nitrogen and oxygen atoms in total. The van der Waals surface area contributed by atoms with Crippen LogP contribution < -0.4 is 10.5 Å². The van der Waals surface area contributed by atoms with Gasteiger partial charge in [-0.25, -0.2) is 9.37 Å². The van der Waals surface area contributed by atoms with E-state index in [4.69, 9.17) is 10.5 Å². The van der Waals surface area contributed by atoms with E-state index in [0.717, 1.165) is 5.69 Å². The van der Waals surface area contributed by atoms with Crippen LogP contribution in [-0.4, -0.2) is 9.55 Å². The smallest absolute Gasteiger partial charge is 0.302 e. The van der Waals surface area contributed by atoms with Gasteiger partial charge in [0, 0.05) is 12.6 Å². The first kappa shape index (κ1) is 12.6. The minimum Gasteiger partial charge on any atom is -0.426 e. The third-order valence-corrected chi connectivity index (χ3v) is 2.66. The number of rotatable bonds is 4. The zero-order valence-electron chi connectivity index (χ0n) is 10.4. The largest absolute Gasteiger partial charge is 0.426 e. The van der Waals surface area contributed by atoms with E-state index in [1.807, 2.05) is 18.4 Å². The maximum absolute atomic E-state index is 12.8. The number of nitrogens with two attached hydrogens (primary N) is 1. The number of aromatic nitrogens is 2. The number of nitrogens with zero attached hydrogens (tertiary/aromatic N) is 2. The molecular formula is C13H16FN3O. The van der Waals surface area contributed by atoms with Crippen LogP contribution in [0.2, 0.25) is 0 Å². The molecule has 0 bridgehead atoms. The average Bonchev–Trinajstić information content (AvgIpc) is 2.75. The summed E-state index contributed by atoms with van der Waals surface area (Å²) >= 11 is 0. The average molecular weight is 249 g/mol. The van der Waals surface area contributed by atoms with E-state index >= 15 is 0 Å². The van der Waals surface area contributed by atoms with Crippen LogP contribution in [0.15, 0.2) is 30.5 Å². The molecule has 0 aliphatic heterocycles. The van der Waals surface area contributed by atoms with E-state index in [2.05, 4.69) is 4.98 Å². The van der Waals surface area contributed by atoms with E-state index in [1.165, 1.54) is 12.1 Å². The highest BCUT2D eigenvalue weighted by atomic mass is 19.1. The molecule has 18 heavy (non-hydrogen) atoms. The molecule has 0 saturated carbocycles. The second-order valence-corrected chi connectivity index (χ2v) is 4.05. The highest BCUT2D eigenvalue weighted by Crippen LogP contribution is 2.23. The lowest BCUT2D eigenvalue weighted by atomic mass is 10.3. The zero-order valence-corrected chi connectivity index (χ0v) is 10.4. The van der Waals surface area contributed by atoms with Crippen molar-refractivity contribution >= 4 is 0 Å². The summed E-state index contributed by atoms with van der Waals surface area (Å²) in [5.41, 5.74) is 6.76. The van der Waals surface area contributed by atoms with E-state index in [0.29, 0.717) is 18.3 Å². The second-order valence-electron chi connectivity index (χ2n) is 4.05. The van der Waals surface area contributed by atoms with Crippen molar-refractivity contribution in [2.75, 3.05) is 0 Å². The molecule has 0 aliphatic carbocycles. The molecule has 2 aromatic rings. The Morgan fingerprint density at radius 2 is 2.06 bits per heavy atom. The molecular weight excluding hydrogens is 233 g/mol. The van der Waals surface area contributed by atoms with Crippen molar-refractivity contribution < 1.29 is 9.13 Å². The molecule has 0 saturated heterocycles. The van der Waals surface area contributed by atoms with E-state index in [9.17, 15) is 4.39 Å². The summed E-state index contributed by atoms with van der Waals surface area (Å²) in [5.74, 6) is 0.255. The minimum absolute atomic E-state index is 0.108. The molecule has 1 unspecified atom stereocenters. The molecule has 1 heterocycles. The van der Waals surface area contributed by atoms with Crippen LogP contribution in [0.25, 0.3) is 0 Å². The summed E-state index contributed by atoms with van der Waals surface area (Å²) in [6, 6.07) is 6.19. The summed E-state index contributed by atoms with van der Waals surface area (Å²) in [6.45, 7) is 4.60. The molecule has 96 valence electrons. The van der Waals surface area contributed by atoms with Crippen LogP contribution >= 0.6 is 0 Å². The molecule has 0 fully saturated rings. The minimum atomic E-state index is -0.294. The van der Waals surface area contributed by atoms with Crippen molar-refractivity contribution in [1.29, 1.82) is 0 Å². The molecule has 5 heteroatoms. The number of halogens is 1. The molecule has 0 amide bonds. The van der Waals surface area contributed by atoms with Gasteiger partial charge in [-0.1, -0.05) is 0 Å². The topological polar surface area (TPSA) is 53.1 Å². The standard InChI is InChI=1S/C13H16FN3O/c1-3-17-12(9(2)15)8-16-13(17)18-11-6-4-10(14)5-7-11/h4-9H,3,15H2,1-2H3. The number of hydrogen-bond donors (Lipinski definition) is 1. The van der Waals surface area contributed by atoms with Crippen molar-refractivity contribution in [2.24, 2.45) is 5.73 Å². The zero-order chi connectivity index (χ0) is 13.1.